The largest absolute Gasteiger partial charge is 0.310 e. The first kappa shape index (κ1) is 14.1. The van der Waals surface area contributed by atoms with E-state index in [0.29, 0.717) is 0 Å². The van der Waals surface area contributed by atoms with E-state index in [0.717, 1.165) is 0 Å². The number of anilines is 3. The standard InChI is InChI=1S/C22H21N/c1-16-9-8-10-17(15-16)23-20-13-6-4-11-18(20)22(2,3)19-12-5-7-14-21(19)23/h4-15H,1-3H3. The molecule has 1 aliphatic rings. The zero-order valence-corrected chi connectivity index (χ0v) is 13.9. The average Bonchev–Trinajstić information content (AvgIpc) is 2.55. The van der Waals surface area contributed by atoms with Crippen LogP contribution in [0.25, 0.3) is 0 Å². The van der Waals surface area contributed by atoms with Gasteiger partial charge in [-0.1, -0.05) is 62.4 Å². The third kappa shape index (κ3) is 2.08. The number of hydrogen-bond acceptors (Lipinski definition) is 1. The fraction of sp³-hybridized carbons (Fsp3) is 0.182. The molecule has 0 radical (unpaired) electrons. The van der Waals surface area contributed by atoms with Gasteiger partial charge in [0.15, 0.2) is 0 Å². The number of hydrogen-bond donors (Lipinski definition) is 0. The Kier molecular flexibility index (Phi) is 3.05. The molecular formula is C22H21N. The molecule has 4 rings (SSSR count). The van der Waals surface area contributed by atoms with Crippen LogP contribution < -0.4 is 4.90 Å². The minimum atomic E-state index is 0.00745. The lowest BCUT2D eigenvalue weighted by atomic mass is 9.73. The van der Waals surface area contributed by atoms with E-state index in [1.165, 1.54) is 33.8 Å². The summed E-state index contributed by atoms with van der Waals surface area (Å²) in [4.78, 5) is 2.39. The summed E-state index contributed by atoms with van der Waals surface area (Å²) in [7, 11) is 0. The summed E-state index contributed by atoms with van der Waals surface area (Å²) < 4.78 is 0. The molecule has 23 heavy (non-hydrogen) atoms. The number of para-hydroxylation sites is 2. The van der Waals surface area contributed by atoms with Crippen LogP contribution in [0.5, 0.6) is 0 Å². The number of aryl methyl sites for hydroxylation is 1. The van der Waals surface area contributed by atoms with Gasteiger partial charge >= 0.3 is 0 Å². The zero-order chi connectivity index (χ0) is 16.0. The van der Waals surface area contributed by atoms with Gasteiger partial charge in [0.1, 0.15) is 0 Å². The predicted molar refractivity (Wildman–Crippen MR) is 98.0 cm³/mol. The fourth-order valence-electron chi connectivity index (χ4n) is 3.71. The lowest BCUT2D eigenvalue weighted by molar-refractivity contribution is 0.632. The molecule has 0 bridgehead atoms. The minimum Gasteiger partial charge on any atom is -0.310 e. The maximum absolute atomic E-state index is 2.39. The summed E-state index contributed by atoms with van der Waals surface area (Å²) in [6.45, 7) is 6.78. The highest BCUT2D eigenvalue weighted by Crippen LogP contribution is 2.51. The second-order valence-electron chi connectivity index (χ2n) is 6.83. The van der Waals surface area contributed by atoms with Gasteiger partial charge in [0.2, 0.25) is 0 Å². The van der Waals surface area contributed by atoms with Crippen molar-refractivity contribution in [2.24, 2.45) is 0 Å². The van der Waals surface area contributed by atoms with Gasteiger partial charge in [-0.2, -0.15) is 0 Å². The van der Waals surface area contributed by atoms with Crippen molar-refractivity contribution in [3.8, 4) is 0 Å². The topological polar surface area (TPSA) is 3.24 Å². The van der Waals surface area contributed by atoms with Crippen LogP contribution in [-0.4, -0.2) is 0 Å². The first-order valence-electron chi connectivity index (χ1n) is 8.15. The van der Waals surface area contributed by atoms with Crippen LogP contribution in [0.15, 0.2) is 72.8 Å². The lowest BCUT2D eigenvalue weighted by Crippen LogP contribution is -2.30. The third-order valence-electron chi connectivity index (χ3n) is 4.90. The Morgan fingerprint density at radius 3 is 1.83 bits per heavy atom. The average molecular weight is 299 g/mol. The molecule has 3 aromatic rings. The van der Waals surface area contributed by atoms with Gasteiger partial charge in [-0.15, -0.1) is 0 Å². The van der Waals surface area contributed by atoms with Gasteiger partial charge in [-0.05, 0) is 47.9 Å². The van der Waals surface area contributed by atoms with Crippen molar-refractivity contribution in [3.63, 3.8) is 0 Å². The Morgan fingerprint density at radius 1 is 0.696 bits per heavy atom. The van der Waals surface area contributed by atoms with E-state index < -0.39 is 0 Å². The van der Waals surface area contributed by atoms with Crippen molar-refractivity contribution >= 4 is 17.1 Å². The van der Waals surface area contributed by atoms with Crippen LogP contribution in [0.3, 0.4) is 0 Å². The van der Waals surface area contributed by atoms with E-state index in [4.69, 9.17) is 0 Å². The molecule has 0 unspecified atom stereocenters. The number of rotatable bonds is 1. The smallest absolute Gasteiger partial charge is 0.0502 e. The van der Waals surface area contributed by atoms with Gasteiger partial charge in [0.25, 0.3) is 0 Å². The molecule has 0 amide bonds. The van der Waals surface area contributed by atoms with E-state index in [-0.39, 0.29) is 5.41 Å². The first-order chi connectivity index (χ1) is 11.1. The SMILES string of the molecule is Cc1cccc(N2c3ccccc3C(C)(C)c3ccccc32)c1. The third-order valence-corrected chi connectivity index (χ3v) is 4.90. The van der Waals surface area contributed by atoms with Gasteiger partial charge in [0, 0.05) is 11.1 Å². The van der Waals surface area contributed by atoms with Crippen LogP contribution in [0.1, 0.15) is 30.5 Å². The van der Waals surface area contributed by atoms with Gasteiger partial charge in [-0.3, -0.25) is 0 Å². The number of fused-ring (bicyclic) bond motifs is 2. The predicted octanol–water partition coefficient (Wildman–Crippen LogP) is 6.10. The van der Waals surface area contributed by atoms with Crippen molar-refractivity contribution in [2.45, 2.75) is 26.2 Å². The second-order valence-corrected chi connectivity index (χ2v) is 6.83. The summed E-state index contributed by atoms with van der Waals surface area (Å²) in [5.74, 6) is 0. The van der Waals surface area contributed by atoms with E-state index >= 15 is 0 Å². The van der Waals surface area contributed by atoms with Crippen LogP contribution in [-0.2, 0) is 5.41 Å². The molecule has 0 N–H and O–H groups in total. The summed E-state index contributed by atoms with van der Waals surface area (Å²) in [5.41, 5.74) is 7.82. The molecule has 0 aromatic heterocycles. The Labute approximate surface area is 138 Å². The molecular weight excluding hydrogens is 278 g/mol. The van der Waals surface area contributed by atoms with Gasteiger partial charge in [0.05, 0.1) is 11.4 Å². The van der Waals surface area contributed by atoms with Crippen LogP contribution in [0.2, 0.25) is 0 Å². The van der Waals surface area contributed by atoms with E-state index in [2.05, 4.69) is 98.5 Å². The molecule has 0 atom stereocenters. The van der Waals surface area contributed by atoms with E-state index in [9.17, 15) is 0 Å². The molecule has 0 aliphatic carbocycles. The highest BCUT2D eigenvalue weighted by Gasteiger charge is 2.36. The molecule has 1 heterocycles. The molecule has 1 heteroatoms. The normalized spacial score (nSPS) is 15.0. The lowest BCUT2D eigenvalue weighted by Gasteiger charge is -2.42. The maximum Gasteiger partial charge on any atom is 0.0502 e. The Hall–Kier alpha value is -2.54. The summed E-state index contributed by atoms with van der Waals surface area (Å²) in [6, 6.07) is 26.3. The molecule has 3 aromatic carbocycles. The number of nitrogens with zero attached hydrogens (tertiary/aromatic N) is 1. The Bertz CT molecular complexity index is 827. The van der Waals surface area contributed by atoms with Crippen molar-refractivity contribution in [2.75, 3.05) is 4.90 Å². The van der Waals surface area contributed by atoms with Crippen molar-refractivity contribution < 1.29 is 0 Å². The van der Waals surface area contributed by atoms with Crippen molar-refractivity contribution in [1.29, 1.82) is 0 Å². The quantitative estimate of drug-likeness (QED) is 0.524. The van der Waals surface area contributed by atoms with Gasteiger partial charge < -0.3 is 4.90 Å². The molecule has 0 saturated heterocycles. The van der Waals surface area contributed by atoms with Crippen molar-refractivity contribution in [1.82, 2.24) is 0 Å². The maximum atomic E-state index is 2.39. The second kappa shape index (κ2) is 4.99. The summed E-state index contributed by atoms with van der Waals surface area (Å²) in [5, 5.41) is 0. The molecule has 0 saturated carbocycles. The highest BCUT2D eigenvalue weighted by atomic mass is 15.2. The molecule has 114 valence electrons. The first-order valence-corrected chi connectivity index (χ1v) is 8.15. The van der Waals surface area contributed by atoms with E-state index in [1.807, 2.05) is 0 Å². The fourth-order valence-corrected chi connectivity index (χ4v) is 3.71. The monoisotopic (exact) mass is 299 g/mol. The van der Waals surface area contributed by atoms with Crippen LogP contribution in [0, 0.1) is 6.92 Å². The Morgan fingerprint density at radius 2 is 1.26 bits per heavy atom. The minimum absolute atomic E-state index is 0.00745. The number of benzene rings is 3. The summed E-state index contributed by atoms with van der Waals surface area (Å²) in [6.07, 6.45) is 0. The Balaban J connectivity index is 2.04. The van der Waals surface area contributed by atoms with Gasteiger partial charge in [-0.25, -0.2) is 0 Å². The molecule has 1 nitrogen and oxygen atoms in total. The van der Waals surface area contributed by atoms with Crippen molar-refractivity contribution in [3.05, 3.63) is 89.5 Å². The molecule has 0 spiro atoms. The summed E-state index contributed by atoms with van der Waals surface area (Å²) >= 11 is 0. The van der Waals surface area contributed by atoms with Crippen LogP contribution in [0.4, 0.5) is 17.1 Å². The molecule has 1 aliphatic heterocycles. The molecule has 0 fully saturated rings. The van der Waals surface area contributed by atoms with Crippen LogP contribution >= 0.6 is 0 Å². The highest BCUT2D eigenvalue weighted by molar-refractivity contribution is 5.85. The van der Waals surface area contributed by atoms with E-state index in [1.54, 1.807) is 0 Å². The zero-order valence-electron chi connectivity index (χ0n) is 13.9.